The molecule has 3 aromatic rings. The number of aliphatic hydroxyl groups is 1. The summed E-state index contributed by atoms with van der Waals surface area (Å²) < 4.78 is 6.88. The molecule has 7 heteroatoms. The Hall–Kier alpha value is -1.54. The second-order valence-electron chi connectivity index (χ2n) is 4.59. The molecular weight excluding hydrogens is 308 g/mol. The summed E-state index contributed by atoms with van der Waals surface area (Å²) in [5, 5.41) is 14.4. The monoisotopic (exact) mass is 322 g/mol. The minimum atomic E-state index is -0.736. The van der Waals surface area contributed by atoms with E-state index in [1.165, 1.54) is 22.2 Å². The number of rotatable bonds is 6. The van der Waals surface area contributed by atoms with E-state index in [0.29, 0.717) is 12.0 Å². The highest BCUT2D eigenvalue weighted by molar-refractivity contribution is 7.16. The van der Waals surface area contributed by atoms with Gasteiger partial charge in [-0.05, 0) is 22.9 Å². The molecule has 0 aliphatic heterocycles. The van der Waals surface area contributed by atoms with Gasteiger partial charge in [0.2, 0.25) is 0 Å². The van der Waals surface area contributed by atoms with Crippen LogP contribution in [0, 0.1) is 0 Å². The normalized spacial score (nSPS) is 12.8. The smallest absolute Gasteiger partial charge is 0.262 e. The second-order valence-corrected chi connectivity index (χ2v) is 6.52. The van der Waals surface area contributed by atoms with E-state index in [2.05, 4.69) is 4.98 Å². The fraction of sp³-hybridized carbons (Fsp3) is 0.286. The van der Waals surface area contributed by atoms with E-state index in [4.69, 9.17) is 4.74 Å². The number of aliphatic hydroxyl groups excluding tert-OH is 1. The average molecular weight is 322 g/mol. The zero-order valence-electron chi connectivity index (χ0n) is 11.1. The number of hydrogen-bond acceptors (Lipinski definition) is 6. The molecule has 3 aromatic heterocycles. The van der Waals surface area contributed by atoms with Crippen molar-refractivity contribution in [3.05, 3.63) is 50.5 Å². The molecule has 0 aromatic carbocycles. The molecule has 0 aliphatic rings. The third-order valence-electron chi connectivity index (χ3n) is 2.99. The van der Waals surface area contributed by atoms with Crippen molar-refractivity contribution >= 4 is 32.9 Å². The SMILES string of the molecule is O=c1c2ccsc2ncn1C[C@@H](O)COCc1cccs1. The maximum Gasteiger partial charge on any atom is 0.262 e. The van der Waals surface area contributed by atoms with Gasteiger partial charge in [0.15, 0.2) is 0 Å². The lowest BCUT2D eigenvalue weighted by Gasteiger charge is -2.12. The van der Waals surface area contributed by atoms with E-state index in [1.807, 2.05) is 22.9 Å². The minimum absolute atomic E-state index is 0.126. The van der Waals surface area contributed by atoms with E-state index >= 15 is 0 Å². The second kappa shape index (κ2) is 6.48. The van der Waals surface area contributed by atoms with Crippen LogP contribution in [0.5, 0.6) is 0 Å². The lowest BCUT2D eigenvalue weighted by atomic mass is 10.3. The highest BCUT2D eigenvalue weighted by Gasteiger charge is 2.10. The van der Waals surface area contributed by atoms with Crippen molar-refractivity contribution in [1.82, 2.24) is 9.55 Å². The van der Waals surface area contributed by atoms with Crippen LogP contribution in [0.15, 0.2) is 40.1 Å². The van der Waals surface area contributed by atoms with Crippen LogP contribution < -0.4 is 5.56 Å². The summed E-state index contributed by atoms with van der Waals surface area (Å²) in [6.07, 6.45) is 0.740. The van der Waals surface area contributed by atoms with Crippen molar-refractivity contribution in [2.75, 3.05) is 6.61 Å². The van der Waals surface area contributed by atoms with Gasteiger partial charge in [-0.1, -0.05) is 6.07 Å². The number of thiophene rings is 2. The first-order valence-corrected chi connectivity index (χ1v) is 8.21. The number of fused-ring (bicyclic) bond motifs is 1. The van der Waals surface area contributed by atoms with Gasteiger partial charge < -0.3 is 9.84 Å². The largest absolute Gasteiger partial charge is 0.389 e. The molecule has 0 amide bonds. The first kappa shape index (κ1) is 14.4. The first-order chi connectivity index (χ1) is 10.2. The first-order valence-electron chi connectivity index (χ1n) is 6.45. The van der Waals surface area contributed by atoms with Crippen molar-refractivity contribution in [3.8, 4) is 0 Å². The molecule has 0 saturated carbocycles. The van der Waals surface area contributed by atoms with E-state index in [9.17, 15) is 9.90 Å². The molecule has 5 nitrogen and oxygen atoms in total. The van der Waals surface area contributed by atoms with Crippen LogP contribution in [0.1, 0.15) is 4.88 Å². The van der Waals surface area contributed by atoms with Gasteiger partial charge >= 0.3 is 0 Å². The Morgan fingerprint density at radius 2 is 2.24 bits per heavy atom. The van der Waals surface area contributed by atoms with Crippen LogP contribution in [0.25, 0.3) is 10.2 Å². The van der Waals surface area contributed by atoms with Crippen molar-refractivity contribution < 1.29 is 9.84 Å². The molecule has 3 heterocycles. The lowest BCUT2D eigenvalue weighted by Crippen LogP contribution is -2.29. The maximum absolute atomic E-state index is 12.2. The molecule has 110 valence electrons. The zero-order valence-corrected chi connectivity index (χ0v) is 12.8. The number of hydrogen-bond donors (Lipinski definition) is 1. The summed E-state index contributed by atoms with van der Waals surface area (Å²) in [5.74, 6) is 0. The minimum Gasteiger partial charge on any atom is -0.389 e. The fourth-order valence-electron chi connectivity index (χ4n) is 1.99. The van der Waals surface area contributed by atoms with E-state index in [-0.39, 0.29) is 18.7 Å². The quantitative estimate of drug-likeness (QED) is 0.755. The number of aromatic nitrogens is 2. The van der Waals surface area contributed by atoms with Crippen LogP contribution in [0.2, 0.25) is 0 Å². The Morgan fingerprint density at radius 1 is 1.33 bits per heavy atom. The van der Waals surface area contributed by atoms with Gasteiger partial charge in [-0.2, -0.15) is 0 Å². The number of nitrogens with zero attached hydrogens (tertiary/aromatic N) is 2. The third kappa shape index (κ3) is 3.38. The maximum atomic E-state index is 12.2. The molecule has 0 bridgehead atoms. The van der Waals surface area contributed by atoms with Crippen molar-refractivity contribution in [1.29, 1.82) is 0 Å². The molecule has 21 heavy (non-hydrogen) atoms. The van der Waals surface area contributed by atoms with Gasteiger partial charge in [-0.15, -0.1) is 22.7 Å². The van der Waals surface area contributed by atoms with Gasteiger partial charge in [-0.25, -0.2) is 4.98 Å². The topological polar surface area (TPSA) is 64.4 Å². The average Bonchev–Trinajstić information content (AvgIpc) is 3.13. The van der Waals surface area contributed by atoms with Gasteiger partial charge in [0.25, 0.3) is 5.56 Å². The standard InChI is InChI=1S/C14H14N2O3S2/c17-10(7-19-8-11-2-1-4-20-11)6-16-9-15-13-12(14(16)18)3-5-21-13/h1-5,9-10,17H,6-8H2/t10-/m1/s1. The number of ether oxygens (including phenoxy) is 1. The summed E-state index contributed by atoms with van der Waals surface area (Å²) in [5.41, 5.74) is -0.126. The zero-order chi connectivity index (χ0) is 14.7. The molecular formula is C14H14N2O3S2. The van der Waals surface area contributed by atoms with Crippen LogP contribution >= 0.6 is 22.7 Å². The van der Waals surface area contributed by atoms with Gasteiger partial charge in [-0.3, -0.25) is 9.36 Å². The Balaban J connectivity index is 1.59. The van der Waals surface area contributed by atoms with E-state index < -0.39 is 6.10 Å². The molecule has 0 saturated heterocycles. The predicted octanol–water partition coefficient (Wildman–Crippen LogP) is 2.10. The molecule has 3 rings (SSSR count). The summed E-state index contributed by atoms with van der Waals surface area (Å²) in [4.78, 5) is 18.2. The fourth-order valence-corrected chi connectivity index (χ4v) is 3.36. The van der Waals surface area contributed by atoms with E-state index in [0.717, 1.165) is 9.71 Å². The summed E-state index contributed by atoms with van der Waals surface area (Å²) in [7, 11) is 0. The van der Waals surface area contributed by atoms with Crippen LogP contribution in [-0.2, 0) is 17.9 Å². The molecule has 0 spiro atoms. The van der Waals surface area contributed by atoms with Crippen molar-refractivity contribution in [2.24, 2.45) is 0 Å². The van der Waals surface area contributed by atoms with Crippen molar-refractivity contribution in [3.63, 3.8) is 0 Å². The summed E-state index contributed by atoms with van der Waals surface area (Å²) in [6.45, 7) is 0.847. The molecule has 0 aliphatic carbocycles. The highest BCUT2D eigenvalue weighted by Crippen LogP contribution is 2.13. The Kier molecular flexibility index (Phi) is 4.45. The molecule has 0 fully saturated rings. The van der Waals surface area contributed by atoms with Gasteiger partial charge in [0.05, 0.1) is 37.6 Å². The predicted molar refractivity (Wildman–Crippen MR) is 83.9 cm³/mol. The van der Waals surface area contributed by atoms with Crippen molar-refractivity contribution in [2.45, 2.75) is 19.3 Å². The summed E-state index contributed by atoms with van der Waals surface area (Å²) >= 11 is 3.04. The Labute approximate surface area is 129 Å². The molecule has 0 unspecified atom stereocenters. The molecule has 0 radical (unpaired) electrons. The van der Waals surface area contributed by atoms with E-state index in [1.54, 1.807) is 17.4 Å². The van der Waals surface area contributed by atoms with Gasteiger partial charge in [0.1, 0.15) is 4.83 Å². The summed E-state index contributed by atoms with van der Waals surface area (Å²) in [6, 6.07) is 5.70. The van der Waals surface area contributed by atoms with Crippen LogP contribution in [0.4, 0.5) is 0 Å². The highest BCUT2D eigenvalue weighted by atomic mass is 32.1. The lowest BCUT2D eigenvalue weighted by molar-refractivity contribution is 0.0207. The Bertz CT molecular complexity index is 764. The van der Waals surface area contributed by atoms with Gasteiger partial charge in [0, 0.05) is 4.88 Å². The molecule has 1 atom stereocenters. The molecule has 1 N–H and O–H groups in total. The van der Waals surface area contributed by atoms with Crippen LogP contribution in [-0.4, -0.2) is 27.4 Å². The third-order valence-corrected chi connectivity index (χ3v) is 4.66. The Morgan fingerprint density at radius 3 is 3.05 bits per heavy atom. The van der Waals surface area contributed by atoms with Crippen LogP contribution in [0.3, 0.4) is 0 Å².